The first-order valence-corrected chi connectivity index (χ1v) is 10.6. The minimum atomic E-state index is -0.158. The van der Waals surface area contributed by atoms with Crippen molar-refractivity contribution in [2.75, 3.05) is 30.3 Å². The highest BCUT2D eigenvalue weighted by atomic mass is 16.5. The van der Waals surface area contributed by atoms with Gasteiger partial charge >= 0.3 is 0 Å². The molecule has 0 bridgehead atoms. The van der Waals surface area contributed by atoms with Crippen molar-refractivity contribution in [3.05, 3.63) is 54.1 Å². The molecular weight excluding hydrogens is 378 g/mol. The summed E-state index contributed by atoms with van der Waals surface area (Å²) >= 11 is 0. The quantitative estimate of drug-likeness (QED) is 0.711. The Kier molecular flexibility index (Phi) is 7.33. The summed E-state index contributed by atoms with van der Waals surface area (Å²) in [5.74, 6) is 1.35. The zero-order valence-corrected chi connectivity index (χ0v) is 18.0. The Bertz CT molecular complexity index is 856. The van der Waals surface area contributed by atoms with E-state index in [1.54, 1.807) is 24.3 Å². The molecule has 0 radical (unpaired) electrons. The molecule has 2 aromatic carbocycles. The highest BCUT2D eigenvalue weighted by Crippen LogP contribution is 2.20. The van der Waals surface area contributed by atoms with Crippen molar-refractivity contribution in [1.29, 1.82) is 0 Å². The Balaban J connectivity index is 1.49. The number of ether oxygens (including phenoxy) is 1. The number of amides is 2. The number of carbonyl (C=O) groups is 2. The summed E-state index contributed by atoms with van der Waals surface area (Å²) in [6.45, 7) is 7.93. The van der Waals surface area contributed by atoms with Gasteiger partial charge in [-0.1, -0.05) is 13.0 Å². The predicted octanol–water partition coefficient (Wildman–Crippen LogP) is 4.40. The second kappa shape index (κ2) is 10.1. The summed E-state index contributed by atoms with van der Waals surface area (Å²) in [6.07, 6.45) is 2.20. The van der Waals surface area contributed by atoms with Gasteiger partial charge in [0.1, 0.15) is 5.75 Å². The number of anilines is 2. The van der Waals surface area contributed by atoms with Gasteiger partial charge in [0.15, 0.2) is 0 Å². The van der Waals surface area contributed by atoms with Crippen LogP contribution in [0.3, 0.4) is 0 Å². The predicted molar refractivity (Wildman–Crippen MR) is 120 cm³/mol. The third-order valence-corrected chi connectivity index (χ3v) is 5.15. The van der Waals surface area contributed by atoms with Gasteiger partial charge in [0.25, 0.3) is 5.91 Å². The second-order valence-corrected chi connectivity index (χ2v) is 8.15. The number of hydrogen-bond acceptors (Lipinski definition) is 4. The lowest BCUT2D eigenvalue weighted by molar-refractivity contribution is -0.114. The Hall–Kier alpha value is -3.02. The molecule has 6 heteroatoms. The van der Waals surface area contributed by atoms with Crippen molar-refractivity contribution in [2.24, 2.45) is 5.92 Å². The molecule has 160 valence electrons. The highest BCUT2D eigenvalue weighted by Gasteiger charge is 2.21. The average Bonchev–Trinajstić information content (AvgIpc) is 2.73. The number of hydrogen-bond donors (Lipinski definition) is 2. The normalized spacial score (nSPS) is 14.5. The molecule has 0 unspecified atom stereocenters. The molecule has 0 atom stereocenters. The lowest BCUT2D eigenvalue weighted by Gasteiger charge is -2.30. The maximum Gasteiger partial charge on any atom is 0.253 e. The standard InChI is InChI=1S/C24H31N3O3/c1-17(2)30-22-6-4-5-21(15-22)25-16-23(28)26-20-9-7-19(8-10-20)24(29)27-13-11-18(3)12-14-27/h4-10,15,17-18,25H,11-14,16H2,1-3H3,(H,26,28). The van der Waals surface area contributed by atoms with E-state index >= 15 is 0 Å². The molecule has 1 aliphatic rings. The van der Waals surface area contributed by atoms with Crippen LogP contribution >= 0.6 is 0 Å². The van der Waals surface area contributed by atoms with Gasteiger partial charge in [-0.3, -0.25) is 9.59 Å². The van der Waals surface area contributed by atoms with Crippen LogP contribution in [0.2, 0.25) is 0 Å². The summed E-state index contributed by atoms with van der Waals surface area (Å²) < 4.78 is 5.67. The van der Waals surface area contributed by atoms with E-state index in [0.717, 1.165) is 37.4 Å². The molecule has 1 heterocycles. The lowest BCUT2D eigenvalue weighted by Crippen LogP contribution is -2.37. The zero-order chi connectivity index (χ0) is 21.5. The van der Waals surface area contributed by atoms with Gasteiger partial charge in [-0.2, -0.15) is 0 Å². The van der Waals surface area contributed by atoms with Gasteiger partial charge < -0.3 is 20.3 Å². The van der Waals surface area contributed by atoms with Crippen molar-refractivity contribution in [1.82, 2.24) is 4.90 Å². The number of likely N-dealkylation sites (tertiary alicyclic amines) is 1. The number of piperidine rings is 1. The van der Waals surface area contributed by atoms with Crippen LogP contribution in [-0.2, 0) is 4.79 Å². The summed E-state index contributed by atoms with van der Waals surface area (Å²) in [4.78, 5) is 26.8. The largest absolute Gasteiger partial charge is 0.491 e. The van der Waals surface area contributed by atoms with Crippen LogP contribution in [0.4, 0.5) is 11.4 Å². The van der Waals surface area contributed by atoms with Gasteiger partial charge in [0.2, 0.25) is 5.91 Å². The first kappa shape index (κ1) is 21.7. The molecule has 1 fully saturated rings. The van der Waals surface area contributed by atoms with Crippen LogP contribution in [0.25, 0.3) is 0 Å². The summed E-state index contributed by atoms with van der Waals surface area (Å²) in [7, 11) is 0. The van der Waals surface area contributed by atoms with E-state index in [9.17, 15) is 9.59 Å². The summed E-state index contributed by atoms with van der Waals surface area (Å²) in [5.41, 5.74) is 2.14. The highest BCUT2D eigenvalue weighted by molar-refractivity contribution is 5.96. The number of carbonyl (C=O) groups excluding carboxylic acids is 2. The minimum absolute atomic E-state index is 0.0601. The smallest absolute Gasteiger partial charge is 0.253 e. The maximum absolute atomic E-state index is 12.6. The molecule has 2 aromatic rings. The third-order valence-electron chi connectivity index (χ3n) is 5.15. The van der Waals surface area contributed by atoms with Crippen molar-refractivity contribution in [3.8, 4) is 5.75 Å². The SMILES string of the molecule is CC1CCN(C(=O)c2ccc(NC(=O)CNc3cccc(OC(C)C)c3)cc2)CC1. The Morgan fingerprint density at radius 1 is 1.07 bits per heavy atom. The topological polar surface area (TPSA) is 70.7 Å². The molecule has 0 spiro atoms. The van der Waals surface area contributed by atoms with Gasteiger partial charge in [0, 0.05) is 36.1 Å². The van der Waals surface area contributed by atoms with Gasteiger partial charge in [0.05, 0.1) is 12.6 Å². The second-order valence-electron chi connectivity index (χ2n) is 8.15. The lowest BCUT2D eigenvalue weighted by atomic mass is 9.98. The molecule has 2 amide bonds. The van der Waals surface area contributed by atoms with E-state index in [0.29, 0.717) is 17.2 Å². The Morgan fingerprint density at radius 3 is 2.43 bits per heavy atom. The van der Waals surface area contributed by atoms with E-state index in [4.69, 9.17) is 4.74 Å². The number of nitrogens with zero attached hydrogens (tertiary/aromatic N) is 1. The van der Waals surface area contributed by atoms with Crippen molar-refractivity contribution >= 4 is 23.2 Å². The molecule has 2 N–H and O–H groups in total. The zero-order valence-electron chi connectivity index (χ0n) is 18.0. The van der Waals surface area contributed by atoms with Crippen molar-refractivity contribution < 1.29 is 14.3 Å². The third kappa shape index (κ3) is 6.24. The summed E-state index contributed by atoms with van der Waals surface area (Å²) in [5, 5.41) is 5.95. The van der Waals surface area contributed by atoms with Gasteiger partial charge in [-0.15, -0.1) is 0 Å². The molecule has 3 rings (SSSR count). The van der Waals surface area contributed by atoms with Crippen LogP contribution in [-0.4, -0.2) is 42.5 Å². The molecule has 0 aliphatic carbocycles. The summed E-state index contributed by atoms with van der Waals surface area (Å²) in [6, 6.07) is 14.6. The molecule has 1 aliphatic heterocycles. The van der Waals surface area contributed by atoms with Gasteiger partial charge in [-0.05, 0) is 69.0 Å². The maximum atomic E-state index is 12.6. The fourth-order valence-electron chi connectivity index (χ4n) is 3.43. The average molecular weight is 410 g/mol. The van der Waals surface area contributed by atoms with E-state index in [1.165, 1.54) is 0 Å². The van der Waals surface area contributed by atoms with E-state index in [-0.39, 0.29) is 24.5 Å². The van der Waals surface area contributed by atoms with Crippen LogP contribution in [0, 0.1) is 5.92 Å². The fourth-order valence-corrected chi connectivity index (χ4v) is 3.43. The van der Waals surface area contributed by atoms with Crippen molar-refractivity contribution in [3.63, 3.8) is 0 Å². The molecule has 1 saturated heterocycles. The van der Waals surface area contributed by atoms with Crippen LogP contribution < -0.4 is 15.4 Å². The van der Waals surface area contributed by atoms with Crippen LogP contribution in [0.15, 0.2) is 48.5 Å². The number of benzene rings is 2. The Labute approximate surface area is 178 Å². The first-order chi connectivity index (χ1) is 14.4. The van der Waals surface area contributed by atoms with Crippen LogP contribution in [0.1, 0.15) is 44.0 Å². The van der Waals surface area contributed by atoms with E-state index in [1.807, 2.05) is 43.0 Å². The van der Waals surface area contributed by atoms with Gasteiger partial charge in [-0.25, -0.2) is 0 Å². The van der Waals surface area contributed by atoms with Crippen LogP contribution in [0.5, 0.6) is 5.75 Å². The Morgan fingerprint density at radius 2 is 1.77 bits per heavy atom. The molecule has 30 heavy (non-hydrogen) atoms. The van der Waals surface area contributed by atoms with E-state index < -0.39 is 0 Å². The first-order valence-electron chi connectivity index (χ1n) is 10.6. The molecule has 0 saturated carbocycles. The number of rotatable bonds is 7. The van der Waals surface area contributed by atoms with E-state index in [2.05, 4.69) is 17.6 Å². The fraction of sp³-hybridized carbons (Fsp3) is 0.417. The molecular formula is C24H31N3O3. The minimum Gasteiger partial charge on any atom is -0.491 e. The monoisotopic (exact) mass is 409 g/mol. The van der Waals surface area contributed by atoms with Crippen molar-refractivity contribution in [2.45, 2.75) is 39.7 Å². The molecule has 6 nitrogen and oxygen atoms in total. The molecule has 0 aromatic heterocycles. The number of nitrogens with one attached hydrogen (secondary N) is 2.